The van der Waals surface area contributed by atoms with Crippen LogP contribution in [-0.2, 0) is 4.74 Å². The minimum atomic E-state index is -0.0933. The number of halogens is 1. The highest BCUT2D eigenvalue weighted by Crippen LogP contribution is 2.34. The Morgan fingerprint density at radius 1 is 1.33 bits per heavy atom. The Kier molecular flexibility index (Phi) is 3.24. The quantitative estimate of drug-likeness (QED) is 0.671. The number of ether oxygens (including phenoxy) is 1. The summed E-state index contributed by atoms with van der Waals surface area (Å²) in [6, 6.07) is 0. The van der Waals surface area contributed by atoms with Gasteiger partial charge in [-0.15, -0.1) is 0 Å². The van der Waals surface area contributed by atoms with Crippen LogP contribution in [0.3, 0.4) is 0 Å². The lowest BCUT2D eigenvalue weighted by molar-refractivity contribution is 0.248. The normalized spacial score (nSPS) is 30.8. The summed E-state index contributed by atoms with van der Waals surface area (Å²) in [7, 11) is 1.71. The standard InChI is InChI=1S/C13H17FO/c1-15-13-7-3-5-11(9-13)10-4-2-6-12(14)8-10/h2,6,8-11H,3-5,7H2,1H3/t10-,11+/m0/s1. The Bertz CT molecular complexity index is 314. The lowest BCUT2D eigenvalue weighted by atomic mass is 9.80. The molecule has 0 aromatic carbocycles. The lowest BCUT2D eigenvalue weighted by Crippen LogP contribution is -2.16. The molecule has 0 spiro atoms. The van der Waals surface area contributed by atoms with Gasteiger partial charge < -0.3 is 4.74 Å². The SMILES string of the molecule is COC1=C[C@H]([C@@H]2C=C(F)C=CC2)CCC1. The zero-order chi connectivity index (χ0) is 10.7. The second kappa shape index (κ2) is 4.65. The average Bonchev–Trinajstić information content (AvgIpc) is 2.29. The van der Waals surface area contributed by atoms with E-state index in [1.807, 2.05) is 6.08 Å². The third-order valence-corrected chi connectivity index (χ3v) is 3.23. The molecule has 1 nitrogen and oxygen atoms in total. The Morgan fingerprint density at radius 2 is 2.20 bits per heavy atom. The number of methoxy groups -OCH3 is 1. The van der Waals surface area contributed by atoms with Crippen LogP contribution in [0.4, 0.5) is 4.39 Å². The van der Waals surface area contributed by atoms with Crippen LogP contribution in [0.1, 0.15) is 25.7 Å². The van der Waals surface area contributed by atoms with Crippen molar-refractivity contribution in [3.05, 3.63) is 35.9 Å². The second-order valence-electron chi connectivity index (χ2n) is 4.25. The Morgan fingerprint density at radius 3 is 2.93 bits per heavy atom. The molecule has 0 aromatic rings. The van der Waals surface area contributed by atoms with Gasteiger partial charge in [-0.2, -0.15) is 0 Å². The fourth-order valence-electron chi connectivity index (χ4n) is 2.39. The molecule has 0 radical (unpaired) electrons. The van der Waals surface area contributed by atoms with Crippen LogP contribution in [0.2, 0.25) is 0 Å². The summed E-state index contributed by atoms with van der Waals surface area (Å²) >= 11 is 0. The fraction of sp³-hybridized carbons (Fsp3) is 0.538. The van der Waals surface area contributed by atoms with Crippen LogP contribution in [0.25, 0.3) is 0 Å². The predicted molar refractivity (Wildman–Crippen MR) is 58.9 cm³/mol. The van der Waals surface area contributed by atoms with Gasteiger partial charge in [-0.3, -0.25) is 0 Å². The summed E-state index contributed by atoms with van der Waals surface area (Å²) < 4.78 is 18.4. The van der Waals surface area contributed by atoms with Gasteiger partial charge in [0.2, 0.25) is 0 Å². The first-order valence-corrected chi connectivity index (χ1v) is 5.58. The van der Waals surface area contributed by atoms with E-state index >= 15 is 0 Å². The number of allylic oxidation sites excluding steroid dienone is 6. The second-order valence-corrected chi connectivity index (χ2v) is 4.25. The molecule has 2 rings (SSSR count). The first kappa shape index (κ1) is 10.5. The van der Waals surface area contributed by atoms with Crippen LogP contribution >= 0.6 is 0 Å². The first-order valence-electron chi connectivity index (χ1n) is 5.58. The van der Waals surface area contributed by atoms with Crippen molar-refractivity contribution in [2.45, 2.75) is 25.7 Å². The highest BCUT2D eigenvalue weighted by molar-refractivity contribution is 5.20. The molecule has 0 unspecified atom stereocenters. The van der Waals surface area contributed by atoms with Crippen molar-refractivity contribution in [1.82, 2.24) is 0 Å². The van der Waals surface area contributed by atoms with Gasteiger partial charge in [0, 0.05) is 6.42 Å². The maximum Gasteiger partial charge on any atom is 0.119 e. The number of rotatable bonds is 2. The van der Waals surface area contributed by atoms with Crippen molar-refractivity contribution < 1.29 is 9.13 Å². The Hall–Kier alpha value is -1.05. The van der Waals surface area contributed by atoms with Crippen molar-refractivity contribution in [2.24, 2.45) is 11.8 Å². The van der Waals surface area contributed by atoms with Crippen molar-refractivity contribution in [3.63, 3.8) is 0 Å². The molecule has 0 bridgehead atoms. The summed E-state index contributed by atoms with van der Waals surface area (Å²) in [6.07, 6.45) is 11.7. The van der Waals surface area contributed by atoms with Gasteiger partial charge >= 0.3 is 0 Å². The molecular weight excluding hydrogens is 191 g/mol. The van der Waals surface area contributed by atoms with Crippen molar-refractivity contribution in [2.75, 3.05) is 7.11 Å². The summed E-state index contributed by atoms with van der Waals surface area (Å²) in [4.78, 5) is 0. The van der Waals surface area contributed by atoms with E-state index in [0.29, 0.717) is 11.8 Å². The van der Waals surface area contributed by atoms with E-state index in [4.69, 9.17) is 4.74 Å². The highest BCUT2D eigenvalue weighted by atomic mass is 19.1. The third-order valence-electron chi connectivity index (χ3n) is 3.23. The van der Waals surface area contributed by atoms with Gasteiger partial charge in [0.1, 0.15) is 5.83 Å². The Labute approximate surface area is 90.3 Å². The molecule has 0 saturated carbocycles. The van der Waals surface area contributed by atoms with Gasteiger partial charge in [0.05, 0.1) is 12.9 Å². The van der Waals surface area contributed by atoms with E-state index in [9.17, 15) is 4.39 Å². The average molecular weight is 208 g/mol. The maximum absolute atomic E-state index is 13.1. The van der Waals surface area contributed by atoms with Gasteiger partial charge in [-0.05, 0) is 49.3 Å². The molecule has 0 heterocycles. The van der Waals surface area contributed by atoms with Crippen molar-refractivity contribution in [3.8, 4) is 0 Å². The van der Waals surface area contributed by atoms with Crippen LogP contribution in [0, 0.1) is 11.8 Å². The monoisotopic (exact) mass is 208 g/mol. The molecule has 0 amide bonds. The van der Waals surface area contributed by atoms with Gasteiger partial charge in [0.25, 0.3) is 0 Å². The molecule has 2 aliphatic carbocycles. The highest BCUT2D eigenvalue weighted by Gasteiger charge is 2.22. The Balaban J connectivity index is 2.08. The van der Waals surface area contributed by atoms with E-state index in [2.05, 4.69) is 6.08 Å². The van der Waals surface area contributed by atoms with E-state index in [0.717, 1.165) is 31.4 Å². The minimum Gasteiger partial charge on any atom is -0.501 e. The molecule has 0 aliphatic heterocycles. The molecule has 0 N–H and O–H groups in total. The summed E-state index contributed by atoms with van der Waals surface area (Å²) in [6.45, 7) is 0. The topological polar surface area (TPSA) is 9.23 Å². The number of hydrogen-bond acceptors (Lipinski definition) is 1. The van der Waals surface area contributed by atoms with Crippen molar-refractivity contribution in [1.29, 1.82) is 0 Å². The molecule has 2 aliphatic rings. The van der Waals surface area contributed by atoms with Crippen LogP contribution < -0.4 is 0 Å². The molecule has 2 atom stereocenters. The van der Waals surface area contributed by atoms with Crippen molar-refractivity contribution >= 4 is 0 Å². The summed E-state index contributed by atoms with van der Waals surface area (Å²) in [5, 5.41) is 0. The van der Waals surface area contributed by atoms with E-state index in [1.54, 1.807) is 19.3 Å². The summed E-state index contributed by atoms with van der Waals surface area (Å²) in [5.41, 5.74) is 0. The smallest absolute Gasteiger partial charge is 0.119 e. The lowest BCUT2D eigenvalue weighted by Gasteiger charge is -2.26. The van der Waals surface area contributed by atoms with E-state index < -0.39 is 0 Å². The molecule has 0 fully saturated rings. The molecular formula is C13H17FO. The molecule has 82 valence electrons. The zero-order valence-electron chi connectivity index (χ0n) is 9.08. The molecule has 15 heavy (non-hydrogen) atoms. The van der Waals surface area contributed by atoms with E-state index in [-0.39, 0.29) is 5.83 Å². The molecule has 0 aromatic heterocycles. The van der Waals surface area contributed by atoms with Gasteiger partial charge in [-0.1, -0.05) is 6.08 Å². The largest absolute Gasteiger partial charge is 0.501 e. The first-order chi connectivity index (χ1) is 7.29. The molecule has 0 saturated heterocycles. The van der Waals surface area contributed by atoms with Crippen LogP contribution in [-0.4, -0.2) is 7.11 Å². The van der Waals surface area contributed by atoms with Gasteiger partial charge in [-0.25, -0.2) is 4.39 Å². The van der Waals surface area contributed by atoms with Crippen LogP contribution in [0.15, 0.2) is 35.9 Å². The maximum atomic E-state index is 13.1. The minimum absolute atomic E-state index is 0.0933. The molecule has 2 heteroatoms. The zero-order valence-corrected chi connectivity index (χ0v) is 9.08. The fourth-order valence-corrected chi connectivity index (χ4v) is 2.39. The third kappa shape index (κ3) is 2.49. The predicted octanol–water partition coefficient (Wildman–Crippen LogP) is 3.75. The summed E-state index contributed by atoms with van der Waals surface area (Å²) in [5.74, 6) is 1.74. The number of hydrogen-bond donors (Lipinski definition) is 0. The van der Waals surface area contributed by atoms with Crippen LogP contribution in [0.5, 0.6) is 0 Å². The van der Waals surface area contributed by atoms with E-state index in [1.165, 1.54) is 0 Å². The van der Waals surface area contributed by atoms with Gasteiger partial charge in [0.15, 0.2) is 0 Å².